The van der Waals surface area contributed by atoms with E-state index in [4.69, 9.17) is 0 Å². The molecule has 0 fully saturated rings. The van der Waals surface area contributed by atoms with Crippen molar-refractivity contribution in [3.05, 3.63) is 75.5 Å². The highest BCUT2D eigenvalue weighted by Crippen LogP contribution is 2.39. The molecule has 0 radical (unpaired) electrons. The molecule has 4 aromatic rings. The molecule has 0 saturated carbocycles. The van der Waals surface area contributed by atoms with E-state index in [9.17, 15) is 0 Å². The summed E-state index contributed by atoms with van der Waals surface area (Å²) < 4.78 is 2.11. The number of aryl methyl sites for hydroxylation is 3. The molecule has 0 aliphatic rings. The van der Waals surface area contributed by atoms with Gasteiger partial charge in [0.1, 0.15) is 0 Å². The number of aromatic nitrogens is 3. The summed E-state index contributed by atoms with van der Waals surface area (Å²) in [6, 6.07) is 17.3. The zero-order valence-electron chi connectivity index (χ0n) is 16.6. The van der Waals surface area contributed by atoms with Gasteiger partial charge in [-0.15, -0.1) is 21.5 Å². The van der Waals surface area contributed by atoms with Crippen LogP contribution in [-0.2, 0) is 12.8 Å². The van der Waals surface area contributed by atoms with Gasteiger partial charge in [-0.3, -0.25) is 0 Å². The van der Waals surface area contributed by atoms with Gasteiger partial charge < -0.3 is 4.57 Å². The number of rotatable bonds is 5. The van der Waals surface area contributed by atoms with Crippen LogP contribution in [-0.4, -0.2) is 14.8 Å². The third kappa shape index (κ3) is 3.77. The minimum atomic E-state index is 0.890. The van der Waals surface area contributed by atoms with Crippen molar-refractivity contribution in [2.45, 2.75) is 31.7 Å². The maximum absolute atomic E-state index is 4.53. The monoisotopic (exact) mass is 405 g/mol. The van der Waals surface area contributed by atoms with Gasteiger partial charge in [0.15, 0.2) is 11.0 Å². The Labute approximate surface area is 174 Å². The lowest BCUT2D eigenvalue weighted by Crippen LogP contribution is -1.96. The highest BCUT2D eigenvalue weighted by Gasteiger charge is 2.18. The van der Waals surface area contributed by atoms with Crippen molar-refractivity contribution >= 4 is 23.1 Å². The lowest BCUT2D eigenvalue weighted by atomic mass is 10.0. The van der Waals surface area contributed by atoms with Crippen LogP contribution in [0.1, 0.15) is 21.6 Å². The third-order valence-electron chi connectivity index (χ3n) is 4.84. The average molecular weight is 406 g/mol. The van der Waals surface area contributed by atoms with Crippen LogP contribution in [0.2, 0.25) is 0 Å². The molecule has 2 aromatic carbocycles. The van der Waals surface area contributed by atoms with Crippen LogP contribution in [0.3, 0.4) is 0 Å². The molecule has 2 aromatic heterocycles. The fraction of sp³-hybridized carbons (Fsp3) is 0.217. The average Bonchev–Trinajstić information content (AvgIpc) is 3.23. The third-order valence-corrected chi connectivity index (χ3v) is 6.84. The first kappa shape index (κ1) is 19.0. The van der Waals surface area contributed by atoms with E-state index in [0.29, 0.717) is 0 Å². The van der Waals surface area contributed by atoms with E-state index in [0.717, 1.165) is 22.3 Å². The van der Waals surface area contributed by atoms with Crippen LogP contribution in [0.15, 0.2) is 59.1 Å². The van der Waals surface area contributed by atoms with Crippen molar-refractivity contribution in [2.75, 3.05) is 0 Å². The molecule has 0 saturated heterocycles. The van der Waals surface area contributed by atoms with E-state index in [1.165, 1.54) is 32.7 Å². The quantitative estimate of drug-likeness (QED) is 0.359. The second-order valence-electron chi connectivity index (χ2n) is 7.09. The lowest BCUT2D eigenvalue weighted by molar-refractivity contribution is 0.794. The molecule has 0 aliphatic heterocycles. The Kier molecular flexibility index (Phi) is 5.38. The van der Waals surface area contributed by atoms with E-state index in [-0.39, 0.29) is 0 Å². The maximum Gasteiger partial charge on any atom is 0.191 e. The minimum absolute atomic E-state index is 0.890. The molecule has 3 nitrogen and oxygen atoms in total. The molecule has 0 spiro atoms. The molecule has 142 valence electrons. The lowest BCUT2D eigenvalue weighted by Gasteiger charge is -2.08. The Morgan fingerprint density at radius 3 is 2.50 bits per heavy atom. The molecule has 0 amide bonds. The van der Waals surface area contributed by atoms with Gasteiger partial charge >= 0.3 is 0 Å². The Hall–Kier alpha value is -2.37. The highest BCUT2D eigenvalue weighted by atomic mass is 32.2. The largest absolute Gasteiger partial charge is 0.305 e. The number of thiophene rings is 1. The van der Waals surface area contributed by atoms with Crippen LogP contribution in [0.25, 0.3) is 22.5 Å². The molecule has 5 heteroatoms. The first-order valence-electron chi connectivity index (χ1n) is 9.26. The number of hydrogen-bond donors (Lipinski definition) is 0. The molecule has 4 rings (SSSR count). The van der Waals surface area contributed by atoms with Gasteiger partial charge in [-0.05, 0) is 31.9 Å². The van der Waals surface area contributed by atoms with Crippen molar-refractivity contribution < 1.29 is 0 Å². The Morgan fingerprint density at radius 1 is 0.964 bits per heavy atom. The predicted octanol–water partition coefficient (Wildman–Crippen LogP) is 6.43. The van der Waals surface area contributed by atoms with Crippen LogP contribution in [0.5, 0.6) is 0 Å². The summed E-state index contributed by atoms with van der Waals surface area (Å²) in [5.74, 6) is 1.81. The predicted molar refractivity (Wildman–Crippen MR) is 120 cm³/mol. The topological polar surface area (TPSA) is 30.7 Å². The van der Waals surface area contributed by atoms with E-state index >= 15 is 0 Å². The number of thioether (sulfide) groups is 1. The van der Waals surface area contributed by atoms with E-state index in [1.807, 2.05) is 0 Å². The summed E-state index contributed by atoms with van der Waals surface area (Å²) >= 11 is 3.49. The van der Waals surface area contributed by atoms with Crippen molar-refractivity contribution in [2.24, 2.45) is 7.05 Å². The molecular formula is C23H23N3S2. The van der Waals surface area contributed by atoms with Gasteiger partial charge in [0.2, 0.25) is 0 Å². The summed E-state index contributed by atoms with van der Waals surface area (Å²) in [5.41, 5.74) is 7.51. The first-order chi connectivity index (χ1) is 13.5. The van der Waals surface area contributed by atoms with Gasteiger partial charge in [-0.1, -0.05) is 71.4 Å². The molecule has 0 N–H and O–H groups in total. The van der Waals surface area contributed by atoms with Crippen molar-refractivity contribution in [1.82, 2.24) is 14.8 Å². The second-order valence-corrected chi connectivity index (χ2v) is 9.12. The van der Waals surface area contributed by atoms with Crippen LogP contribution in [0, 0.1) is 20.8 Å². The summed E-state index contributed by atoms with van der Waals surface area (Å²) in [6.07, 6.45) is 0. The molecular weight excluding hydrogens is 382 g/mol. The van der Waals surface area contributed by atoms with Gasteiger partial charge in [0.05, 0.1) is 0 Å². The number of nitrogens with zero attached hydrogens (tertiary/aromatic N) is 3. The van der Waals surface area contributed by atoms with Crippen molar-refractivity contribution in [3.8, 4) is 22.5 Å². The van der Waals surface area contributed by atoms with E-state index in [1.54, 1.807) is 23.1 Å². The van der Waals surface area contributed by atoms with Crippen LogP contribution >= 0.6 is 23.1 Å². The summed E-state index contributed by atoms with van der Waals surface area (Å²) in [7, 11) is 2.06. The first-order valence-corrected chi connectivity index (χ1v) is 11.1. The minimum Gasteiger partial charge on any atom is -0.305 e. The second kappa shape index (κ2) is 7.94. The van der Waals surface area contributed by atoms with Gasteiger partial charge in [-0.25, -0.2) is 0 Å². The summed E-state index contributed by atoms with van der Waals surface area (Å²) in [6.45, 7) is 6.42. The normalized spacial score (nSPS) is 11.1. The Bertz CT molecular complexity index is 1110. The number of hydrogen-bond acceptors (Lipinski definition) is 4. The van der Waals surface area contributed by atoms with Crippen molar-refractivity contribution in [3.63, 3.8) is 0 Å². The fourth-order valence-electron chi connectivity index (χ4n) is 3.32. The van der Waals surface area contributed by atoms with Crippen molar-refractivity contribution in [1.29, 1.82) is 0 Å². The van der Waals surface area contributed by atoms with Gasteiger partial charge in [0.25, 0.3) is 0 Å². The smallest absolute Gasteiger partial charge is 0.191 e. The Morgan fingerprint density at radius 2 is 1.75 bits per heavy atom. The summed E-state index contributed by atoms with van der Waals surface area (Å²) in [5, 5.41) is 12.1. The Balaban J connectivity index is 1.64. The standard InChI is InChI=1S/C23H23N3S2/c1-15-8-10-19(11-9-15)21-17(3)27-14-20(21)22-24-25-23(26(22)4)28-13-18-7-5-6-16(2)12-18/h5-12,14H,13H2,1-4H3. The van der Waals surface area contributed by atoms with Crippen LogP contribution < -0.4 is 0 Å². The fourth-order valence-corrected chi connectivity index (χ4v) is 5.04. The molecule has 2 heterocycles. The summed E-state index contributed by atoms with van der Waals surface area (Å²) in [4.78, 5) is 1.30. The molecule has 0 aliphatic carbocycles. The zero-order chi connectivity index (χ0) is 19.7. The molecule has 0 unspecified atom stereocenters. The van der Waals surface area contributed by atoms with Gasteiger partial charge in [-0.2, -0.15) is 0 Å². The van der Waals surface area contributed by atoms with E-state index in [2.05, 4.69) is 96.5 Å². The maximum atomic E-state index is 4.53. The number of benzene rings is 2. The van der Waals surface area contributed by atoms with Gasteiger partial charge in [0, 0.05) is 34.2 Å². The SMILES string of the molecule is Cc1ccc(-c2c(-c3nnc(SCc4cccc(C)c4)n3C)csc2C)cc1. The van der Waals surface area contributed by atoms with E-state index < -0.39 is 0 Å². The van der Waals surface area contributed by atoms with Crippen LogP contribution in [0.4, 0.5) is 0 Å². The molecule has 0 bridgehead atoms. The molecule has 0 atom stereocenters. The molecule has 28 heavy (non-hydrogen) atoms. The zero-order valence-corrected chi connectivity index (χ0v) is 18.2. The highest BCUT2D eigenvalue weighted by molar-refractivity contribution is 7.98.